The second kappa shape index (κ2) is 6.14. The molecule has 5 nitrogen and oxygen atoms in total. The highest BCUT2D eigenvalue weighted by molar-refractivity contribution is 7.94. The van der Waals surface area contributed by atoms with E-state index in [1.54, 1.807) is 13.0 Å². The average molecular weight is 295 g/mol. The fraction of sp³-hybridized carbons (Fsp3) is 0.111. The summed E-state index contributed by atoms with van der Waals surface area (Å²) in [6.45, 7) is 1.56. The molecule has 0 unspecified atom stereocenters. The topological polar surface area (TPSA) is 72.8 Å². The number of halogens is 1. The fourth-order valence-corrected chi connectivity index (χ4v) is 2.29. The molecule has 0 saturated heterocycles. The van der Waals surface area contributed by atoms with E-state index in [1.165, 1.54) is 12.1 Å². The van der Waals surface area contributed by atoms with Gasteiger partial charge in [0.05, 0.1) is 22.3 Å². The van der Waals surface area contributed by atoms with Crippen molar-refractivity contribution in [2.75, 3.05) is 0 Å². The van der Waals surface area contributed by atoms with E-state index in [0.717, 1.165) is 12.0 Å². The van der Waals surface area contributed by atoms with E-state index < -0.39 is 10.1 Å². The molecule has 0 saturated carbocycles. The van der Waals surface area contributed by atoms with Crippen molar-refractivity contribution in [2.45, 2.75) is 16.7 Å². The summed E-state index contributed by atoms with van der Waals surface area (Å²) in [5.41, 5.74) is 0.429. The number of aryl methyl sites for hydroxylation is 1. The molecule has 0 atom stereocenters. The number of hydrogen-bond donors (Lipinski definition) is 1. The van der Waals surface area contributed by atoms with Crippen LogP contribution in [0.5, 0.6) is 0 Å². The normalized spacial score (nSPS) is 10.5. The van der Waals surface area contributed by atoms with Crippen molar-refractivity contribution >= 4 is 33.8 Å². The molecule has 0 fully saturated rings. The predicted octanol–water partition coefficient (Wildman–Crippen LogP) is 2.35. The second-order valence-electron chi connectivity index (χ2n) is 2.83. The number of hydrogen-bond acceptors (Lipinski definition) is 5. The molecule has 1 N–H and O–H groups in total. The maximum Gasteiger partial charge on any atom is 0.294 e. The molecular weight excluding hydrogens is 288 g/mol. The van der Waals surface area contributed by atoms with Crippen molar-refractivity contribution in [3.05, 3.63) is 23.8 Å². The minimum absolute atomic E-state index is 0.186. The standard InChI is InChI=1S/C9H7ClO5S2/c1-7-2-3-8(16-15-14-5-4-10)6-9(7)17(11,12)13/h2-3,6H,1H3,(H,11,12,13). The first-order valence-electron chi connectivity index (χ1n) is 4.14. The van der Waals surface area contributed by atoms with Crippen LogP contribution in [0.2, 0.25) is 0 Å². The molecule has 8 heteroatoms. The van der Waals surface area contributed by atoms with Crippen LogP contribution in [0.25, 0.3) is 0 Å². The van der Waals surface area contributed by atoms with Gasteiger partial charge in [0.25, 0.3) is 10.1 Å². The van der Waals surface area contributed by atoms with Gasteiger partial charge in [0, 0.05) is 4.90 Å². The van der Waals surface area contributed by atoms with E-state index in [1.807, 2.05) is 11.5 Å². The summed E-state index contributed by atoms with van der Waals surface area (Å²) < 4.78 is 35.5. The largest absolute Gasteiger partial charge is 0.294 e. The molecule has 0 spiro atoms. The molecule has 92 valence electrons. The molecule has 0 aliphatic rings. The monoisotopic (exact) mass is 294 g/mol. The Bertz CT molecular complexity index is 558. The van der Waals surface area contributed by atoms with Gasteiger partial charge in [0.2, 0.25) is 0 Å². The first-order chi connectivity index (χ1) is 7.95. The summed E-state index contributed by atoms with van der Waals surface area (Å²) in [4.78, 5) is 4.54. The lowest BCUT2D eigenvalue weighted by atomic mass is 10.2. The summed E-state index contributed by atoms with van der Waals surface area (Å²) >= 11 is 5.74. The molecule has 0 aliphatic carbocycles. The predicted molar refractivity (Wildman–Crippen MR) is 62.6 cm³/mol. The first kappa shape index (κ1) is 14.2. The van der Waals surface area contributed by atoms with E-state index in [4.69, 9.17) is 16.2 Å². The summed E-state index contributed by atoms with van der Waals surface area (Å²) in [6.07, 6.45) is 1.98. The van der Waals surface area contributed by atoms with Gasteiger partial charge in [-0.1, -0.05) is 10.4 Å². The van der Waals surface area contributed by atoms with E-state index in [2.05, 4.69) is 9.22 Å². The third-order valence-electron chi connectivity index (χ3n) is 1.68. The van der Waals surface area contributed by atoms with Gasteiger partial charge in [-0.15, -0.1) is 0 Å². The summed E-state index contributed by atoms with van der Waals surface area (Å²) in [7, 11) is -4.25. The van der Waals surface area contributed by atoms with Crippen LogP contribution in [-0.4, -0.2) is 13.0 Å². The molecule has 1 rings (SSSR count). The zero-order valence-electron chi connectivity index (χ0n) is 8.51. The maximum absolute atomic E-state index is 11.0. The highest BCUT2D eigenvalue weighted by atomic mass is 35.5. The van der Waals surface area contributed by atoms with Crippen molar-refractivity contribution in [3.8, 4) is 11.5 Å². The molecule has 17 heavy (non-hydrogen) atoms. The van der Waals surface area contributed by atoms with Gasteiger partial charge >= 0.3 is 0 Å². The molecule has 0 heterocycles. The molecule has 0 radical (unpaired) electrons. The van der Waals surface area contributed by atoms with Crippen molar-refractivity contribution in [1.29, 1.82) is 0 Å². The van der Waals surface area contributed by atoms with Crippen LogP contribution in [0, 0.1) is 18.4 Å². The Labute approximate surface area is 108 Å². The van der Waals surface area contributed by atoms with Crippen molar-refractivity contribution in [3.63, 3.8) is 0 Å². The van der Waals surface area contributed by atoms with Gasteiger partial charge < -0.3 is 0 Å². The third kappa shape index (κ3) is 4.46. The Morgan fingerprint density at radius 2 is 2.18 bits per heavy atom. The molecule has 1 aromatic rings. The van der Waals surface area contributed by atoms with Crippen LogP contribution >= 0.6 is 23.6 Å². The van der Waals surface area contributed by atoms with Gasteiger partial charge in [-0.05, 0) is 36.2 Å². The van der Waals surface area contributed by atoms with E-state index in [-0.39, 0.29) is 4.90 Å². The molecule has 0 aromatic heterocycles. The minimum Gasteiger partial charge on any atom is -0.282 e. The highest BCUT2D eigenvalue weighted by Gasteiger charge is 2.14. The zero-order chi connectivity index (χ0) is 12.9. The Morgan fingerprint density at radius 3 is 2.76 bits per heavy atom. The number of rotatable bonds is 4. The van der Waals surface area contributed by atoms with Crippen LogP contribution in [0.3, 0.4) is 0 Å². The van der Waals surface area contributed by atoms with Gasteiger partial charge in [-0.25, -0.2) is 0 Å². The van der Waals surface area contributed by atoms with Crippen LogP contribution < -0.4 is 0 Å². The lowest BCUT2D eigenvalue weighted by Gasteiger charge is -2.04. The van der Waals surface area contributed by atoms with E-state index in [9.17, 15) is 8.42 Å². The quantitative estimate of drug-likeness (QED) is 0.229. The number of benzene rings is 1. The van der Waals surface area contributed by atoms with Gasteiger partial charge in [-0.2, -0.15) is 8.42 Å². The Balaban J connectivity index is 2.85. The van der Waals surface area contributed by atoms with Crippen molar-refractivity contribution < 1.29 is 22.2 Å². The fourth-order valence-electron chi connectivity index (χ4n) is 0.999. The van der Waals surface area contributed by atoms with Gasteiger partial charge in [0.1, 0.15) is 0 Å². The van der Waals surface area contributed by atoms with Crippen LogP contribution in [-0.2, 0) is 19.3 Å². The lowest BCUT2D eigenvalue weighted by Crippen LogP contribution is -2.00. The molecule has 0 aliphatic heterocycles. The zero-order valence-corrected chi connectivity index (χ0v) is 10.9. The maximum atomic E-state index is 11.0. The molecule has 0 amide bonds. The Morgan fingerprint density at radius 1 is 1.47 bits per heavy atom. The summed E-state index contributed by atoms with van der Waals surface area (Å²) in [6, 6.07) is 4.39. The van der Waals surface area contributed by atoms with Crippen LogP contribution in [0.4, 0.5) is 0 Å². The molecular formula is C9H7ClO5S2. The van der Waals surface area contributed by atoms with E-state index in [0.29, 0.717) is 10.5 Å². The minimum atomic E-state index is -4.25. The van der Waals surface area contributed by atoms with Crippen molar-refractivity contribution in [1.82, 2.24) is 0 Å². The van der Waals surface area contributed by atoms with Crippen LogP contribution in [0.1, 0.15) is 5.56 Å². The van der Waals surface area contributed by atoms with Gasteiger partial charge in [-0.3, -0.25) is 9.44 Å². The smallest absolute Gasteiger partial charge is 0.282 e. The SMILES string of the molecule is Cc1ccc(SOOC#CCl)cc1S(=O)(=O)O. The summed E-state index contributed by atoms with van der Waals surface area (Å²) in [5.74, 6) is 0. The highest BCUT2D eigenvalue weighted by Crippen LogP contribution is 2.24. The lowest BCUT2D eigenvalue weighted by molar-refractivity contribution is -0.113. The van der Waals surface area contributed by atoms with Crippen molar-refractivity contribution in [2.24, 2.45) is 0 Å². The third-order valence-corrected chi connectivity index (χ3v) is 3.34. The second-order valence-corrected chi connectivity index (χ2v) is 5.19. The van der Waals surface area contributed by atoms with E-state index >= 15 is 0 Å². The Hall–Kier alpha value is -0.910. The van der Waals surface area contributed by atoms with Crippen LogP contribution in [0.15, 0.2) is 28.0 Å². The molecule has 1 aromatic carbocycles. The summed E-state index contributed by atoms with van der Waals surface area (Å²) in [5, 5.41) is 1.92. The first-order valence-corrected chi connectivity index (χ1v) is 6.70. The average Bonchev–Trinajstić information content (AvgIpc) is 2.25. The Kier molecular flexibility index (Phi) is 5.11. The molecule has 0 bridgehead atoms. The van der Waals surface area contributed by atoms with Gasteiger partial charge in [0.15, 0.2) is 6.11 Å².